The van der Waals surface area contributed by atoms with Crippen molar-refractivity contribution in [2.24, 2.45) is 0 Å². The van der Waals surface area contributed by atoms with Gasteiger partial charge < -0.3 is 19.2 Å². The quantitative estimate of drug-likeness (QED) is 0.514. The Morgan fingerprint density at radius 3 is 2.51 bits per heavy atom. The van der Waals surface area contributed by atoms with Crippen molar-refractivity contribution in [2.75, 3.05) is 13.1 Å². The van der Waals surface area contributed by atoms with Gasteiger partial charge in [-0.3, -0.25) is 9.59 Å². The molecule has 35 heavy (non-hydrogen) atoms. The highest BCUT2D eigenvalue weighted by atomic mass is 16.5. The first-order chi connectivity index (χ1) is 16.8. The summed E-state index contributed by atoms with van der Waals surface area (Å²) >= 11 is 0. The normalized spacial score (nSPS) is 12.9. The number of carboxylic acid groups (broad SMARTS) is 1. The Bertz CT molecular complexity index is 1200. The molecule has 4 rings (SSSR count). The third-order valence-corrected chi connectivity index (χ3v) is 6.01. The number of nitriles is 1. The Kier molecular flexibility index (Phi) is 8.26. The van der Waals surface area contributed by atoms with Crippen LogP contribution in [0.4, 0.5) is 0 Å². The van der Waals surface area contributed by atoms with Crippen molar-refractivity contribution in [3.05, 3.63) is 71.1 Å². The van der Waals surface area contributed by atoms with Crippen LogP contribution in [0.3, 0.4) is 0 Å². The van der Waals surface area contributed by atoms with E-state index >= 15 is 0 Å². The van der Waals surface area contributed by atoms with Gasteiger partial charge in [-0.15, -0.1) is 0 Å². The van der Waals surface area contributed by atoms with Crippen molar-refractivity contribution in [1.82, 2.24) is 9.88 Å². The van der Waals surface area contributed by atoms with E-state index < -0.39 is 5.41 Å². The molecule has 0 atom stereocenters. The van der Waals surface area contributed by atoms with E-state index in [1.807, 2.05) is 62.1 Å². The van der Waals surface area contributed by atoms with Crippen molar-refractivity contribution in [2.45, 2.75) is 45.6 Å². The van der Waals surface area contributed by atoms with E-state index in [0.717, 1.165) is 37.1 Å². The molecule has 8 heteroatoms. The summed E-state index contributed by atoms with van der Waals surface area (Å²) in [6, 6.07) is 16.9. The second kappa shape index (κ2) is 11.3. The van der Waals surface area contributed by atoms with E-state index in [1.54, 1.807) is 12.1 Å². The number of ether oxygens (including phenoxy) is 1. The first kappa shape index (κ1) is 25.5. The van der Waals surface area contributed by atoms with Crippen LogP contribution in [0.2, 0.25) is 0 Å². The smallest absolute Gasteiger partial charge is 0.290 e. The molecule has 2 aromatic carbocycles. The van der Waals surface area contributed by atoms with Gasteiger partial charge in [0.1, 0.15) is 23.8 Å². The Hall–Kier alpha value is -4.12. The molecule has 1 aliphatic heterocycles. The molecule has 0 saturated carbocycles. The standard InChI is InChI=1S/C26H27N3O3.CH2O2/c1-18-23(28-24(32-18)20-11-9-19(16-27)10-12-20)17-31-22-8-6-7-21(15-22)26(2,3)25(30)29-13-4-5-14-29;2-1-3/h6-12,15H,4-5,13-14,17H2,1-3H3;1H,(H,2,3). The minimum absolute atomic E-state index is 0.159. The van der Waals surface area contributed by atoms with Crippen LogP contribution >= 0.6 is 0 Å². The second-order valence-corrected chi connectivity index (χ2v) is 8.76. The maximum Gasteiger partial charge on any atom is 0.290 e. The molecule has 1 amide bonds. The van der Waals surface area contributed by atoms with Crippen LogP contribution in [0.1, 0.15) is 49.3 Å². The summed E-state index contributed by atoms with van der Waals surface area (Å²) in [5, 5.41) is 15.8. The van der Waals surface area contributed by atoms with Gasteiger partial charge in [0.15, 0.2) is 0 Å². The van der Waals surface area contributed by atoms with Gasteiger partial charge in [-0.1, -0.05) is 12.1 Å². The maximum atomic E-state index is 13.0. The van der Waals surface area contributed by atoms with Gasteiger partial charge in [0.05, 0.1) is 17.0 Å². The van der Waals surface area contributed by atoms with Gasteiger partial charge in [-0.05, 0) is 75.6 Å². The predicted octanol–water partition coefficient (Wildman–Crippen LogP) is 4.70. The zero-order valence-electron chi connectivity index (χ0n) is 20.2. The van der Waals surface area contributed by atoms with E-state index in [1.165, 1.54) is 0 Å². The zero-order valence-corrected chi connectivity index (χ0v) is 20.2. The number of oxazole rings is 1. The highest BCUT2D eigenvalue weighted by Gasteiger charge is 2.35. The van der Waals surface area contributed by atoms with Crippen LogP contribution in [0.25, 0.3) is 11.5 Å². The first-order valence-corrected chi connectivity index (χ1v) is 11.4. The molecule has 0 aliphatic carbocycles. The number of hydrogen-bond donors (Lipinski definition) is 1. The van der Waals surface area contributed by atoms with Crippen molar-refractivity contribution >= 4 is 12.4 Å². The molecule has 1 aliphatic rings. The summed E-state index contributed by atoms with van der Waals surface area (Å²) in [4.78, 5) is 27.9. The summed E-state index contributed by atoms with van der Waals surface area (Å²) in [7, 11) is 0. The monoisotopic (exact) mass is 475 g/mol. The number of benzene rings is 2. The molecule has 1 aromatic heterocycles. The van der Waals surface area contributed by atoms with Gasteiger partial charge in [-0.25, -0.2) is 4.98 Å². The topological polar surface area (TPSA) is 117 Å². The Balaban J connectivity index is 0.00000108. The summed E-state index contributed by atoms with van der Waals surface area (Å²) in [5.74, 6) is 2.03. The summed E-state index contributed by atoms with van der Waals surface area (Å²) < 4.78 is 11.8. The Morgan fingerprint density at radius 2 is 1.89 bits per heavy atom. The van der Waals surface area contributed by atoms with Crippen LogP contribution < -0.4 is 4.74 Å². The summed E-state index contributed by atoms with van der Waals surface area (Å²) in [6.07, 6.45) is 2.15. The van der Waals surface area contributed by atoms with E-state index in [2.05, 4.69) is 11.1 Å². The average Bonchev–Trinajstić information content (AvgIpc) is 3.53. The molecule has 0 unspecified atom stereocenters. The predicted molar refractivity (Wildman–Crippen MR) is 130 cm³/mol. The molecular weight excluding hydrogens is 446 g/mol. The van der Waals surface area contributed by atoms with Gasteiger partial charge in [0.2, 0.25) is 11.8 Å². The fourth-order valence-corrected chi connectivity index (χ4v) is 3.94. The lowest BCUT2D eigenvalue weighted by Gasteiger charge is -2.29. The lowest BCUT2D eigenvalue weighted by molar-refractivity contribution is -0.135. The van der Waals surface area contributed by atoms with Crippen LogP contribution in [0.5, 0.6) is 5.75 Å². The number of aromatic nitrogens is 1. The van der Waals surface area contributed by atoms with Crippen molar-refractivity contribution in [1.29, 1.82) is 5.26 Å². The molecule has 1 N–H and O–H groups in total. The van der Waals surface area contributed by atoms with Crippen LogP contribution in [-0.2, 0) is 21.6 Å². The zero-order chi connectivity index (χ0) is 25.4. The minimum Gasteiger partial charge on any atom is -0.487 e. The Labute approximate surface area is 204 Å². The number of carbonyl (C=O) groups is 2. The summed E-state index contributed by atoms with van der Waals surface area (Å²) in [5.41, 5.74) is 2.43. The van der Waals surface area contributed by atoms with Crippen molar-refractivity contribution < 1.29 is 23.8 Å². The molecule has 182 valence electrons. The number of carbonyl (C=O) groups excluding carboxylic acids is 1. The minimum atomic E-state index is -0.615. The summed E-state index contributed by atoms with van der Waals surface area (Å²) in [6.45, 7) is 7.48. The third-order valence-electron chi connectivity index (χ3n) is 6.01. The van der Waals surface area contributed by atoms with E-state index in [-0.39, 0.29) is 19.0 Å². The average molecular weight is 476 g/mol. The third kappa shape index (κ3) is 6.07. The molecule has 2 heterocycles. The second-order valence-electron chi connectivity index (χ2n) is 8.76. The highest BCUT2D eigenvalue weighted by Crippen LogP contribution is 2.30. The number of rotatable bonds is 6. The SMILES string of the molecule is Cc1oc(-c2ccc(C#N)cc2)nc1COc1cccc(C(C)(C)C(=O)N2CCCC2)c1.O=CO. The molecule has 1 saturated heterocycles. The van der Waals surface area contributed by atoms with Crippen LogP contribution in [0, 0.1) is 18.3 Å². The van der Waals surface area contributed by atoms with Gasteiger partial charge in [-0.2, -0.15) is 5.26 Å². The van der Waals surface area contributed by atoms with Crippen LogP contribution in [-0.4, -0.2) is 40.5 Å². The fraction of sp³-hybridized carbons (Fsp3) is 0.333. The van der Waals surface area contributed by atoms with Crippen molar-refractivity contribution in [3.63, 3.8) is 0 Å². The molecular formula is C27H29N3O5. The van der Waals surface area contributed by atoms with E-state index in [0.29, 0.717) is 28.7 Å². The highest BCUT2D eigenvalue weighted by molar-refractivity contribution is 5.87. The number of aryl methyl sites for hydroxylation is 1. The molecule has 8 nitrogen and oxygen atoms in total. The first-order valence-electron chi connectivity index (χ1n) is 11.4. The molecule has 0 radical (unpaired) electrons. The van der Waals surface area contributed by atoms with Gasteiger partial charge in [0, 0.05) is 18.7 Å². The maximum absolute atomic E-state index is 13.0. The largest absolute Gasteiger partial charge is 0.487 e. The van der Waals surface area contributed by atoms with Crippen molar-refractivity contribution in [3.8, 4) is 23.3 Å². The number of amides is 1. The molecule has 0 bridgehead atoms. The van der Waals surface area contributed by atoms with Crippen LogP contribution in [0.15, 0.2) is 52.9 Å². The number of likely N-dealkylation sites (tertiary alicyclic amines) is 1. The molecule has 0 spiro atoms. The lowest BCUT2D eigenvalue weighted by atomic mass is 9.83. The molecule has 3 aromatic rings. The fourth-order valence-electron chi connectivity index (χ4n) is 3.94. The lowest BCUT2D eigenvalue weighted by Crippen LogP contribution is -2.41. The van der Waals surface area contributed by atoms with Gasteiger partial charge in [0.25, 0.3) is 6.47 Å². The number of hydrogen-bond acceptors (Lipinski definition) is 6. The molecule has 1 fully saturated rings. The van der Waals surface area contributed by atoms with E-state index in [9.17, 15) is 4.79 Å². The number of nitrogens with zero attached hydrogens (tertiary/aromatic N) is 3. The van der Waals surface area contributed by atoms with Gasteiger partial charge >= 0.3 is 0 Å². The van der Waals surface area contributed by atoms with E-state index in [4.69, 9.17) is 24.3 Å². The Morgan fingerprint density at radius 1 is 1.23 bits per heavy atom.